The number of nitrogens with two attached hydrogens (primary N) is 1. The molecule has 1 saturated heterocycles. The number of anilines is 1. The Morgan fingerprint density at radius 1 is 1.29 bits per heavy atom. The van der Waals surface area contributed by atoms with Crippen molar-refractivity contribution >= 4 is 5.82 Å². The van der Waals surface area contributed by atoms with Crippen LogP contribution in [-0.4, -0.2) is 29.1 Å². The second kappa shape index (κ2) is 4.61. The smallest absolute Gasteiger partial charge is 0.135 e. The van der Waals surface area contributed by atoms with Crippen LogP contribution in [0.5, 0.6) is 0 Å². The maximum absolute atomic E-state index is 5.96. The zero-order valence-corrected chi connectivity index (χ0v) is 11.2. The first kappa shape index (κ1) is 12.3. The van der Waals surface area contributed by atoms with Crippen LogP contribution in [-0.2, 0) is 0 Å². The molecule has 1 unspecified atom stereocenters. The molecule has 0 radical (unpaired) electrons. The summed E-state index contributed by atoms with van der Waals surface area (Å²) in [6.07, 6.45) is 1.06. The topological polar surface area (TPSA) is 55.0 Å². The predicted octanol–water partition coefficient (Wildman–Crippen LogP) is 1.75. The summed E-state index contributed by atoms with van der Waals surface area (Å²) in [5.41, 5.74) is 8.23. The van der Waals surface area contributed by atoms with Crippen LogP contribution in [0.4, 0.5) is 5.82 Å². The van der Waals surface area contributed by atoms with Gasteiger partial charge in [-0.2, -0.15) is 0 Å². The van der Waals surface area contributed by atoms with Crippen LogP contribution in [0.15, 0.2) is 0 Å². The monoisotopic (exact) mass is 234 g/mol. The fourth-order valence-corrected chi connectivity index (χ4v) is 2.18. The van der Waals surface area contributed by atoms with E-state index >= 15 is 0 Å². The van der Waals surface area contributed by atoms with E-state index < -0.39 is 0 Å². The summed E-state index contributed by atoms with van der Waals surface area (Å²) >= 11 is 0. The standard InChI is InChI=1S/C13H22N4/c1-8(2)12-15-10(4)9(3)13(16-12)17-6-5-11(14)7-17/h8,11H,5-7,14H2,1-4H3. The van der Waals surface area contributed by atoms with Gasteiger partial charge in [-0.25, -0.2) is 9.97 Å². The average molecular weight is 234 g/mol. The highest BCUT2D eigenvalue weighted by molar-refractivity contribution is 5.49. The van der Waals surface area contributed by atoms with Gasteiger partial charge in [0.1, 0.15) is 11.6 Å². The molecule has 2 N–H and O–H groups in total. The Hall–Kier alpha value is -1.16. The molecule has 0 bridgehead atoms. The van der Waals surface area contributed by atoms with E-state index in [9.17, 15) is 0 Å². The Morgan fingerprint density at radius 2 is 2.00 bits per heavy atom. The highest BCUT2D eigenvalue weighted by Gasteiger charge is 2.23. The van der Waals surface area contributed by atoms with Crippen molar-refractivity contribution in [3.63, 3.8) is 0 Å². The van der Waals surface area contributed by atoms with Crippen molar-refractivity contribution in [2.75, 3.05) is 18.0 Å². The number of nitrogens with zero attached hydrogens (tertiary/aromatic N) is 3. The Bertz CT molecular complexity index is 414. The minimum absolute atomic E-state index is 0.284. The number of hydrogen-bond acceptors (Lipinski definition) is 4. The van der Waals surface area contributed by atoms with Crippen molar-refractivity contribution in [2.45, 2.75) is 46.1 Å². The van der Waals surface area contributed by atoms with E-state index in [4.69, 9.17) is 10.7 Å². The molecule has 4 heteroatoms. The third-order valence-corrected chi connectivity index (χ3v) is 3.42. The van der Waals surface area contributed by atoms with Crippen molar-refractivity contribution in [2.24, 2.45) is 5.73 Å². The Labute approximate surface area is 103 Å². The highest BCUT2D eigenvalue weighted by Crippen LogP contribution is 2.25. The first-order valence-corrected chi connectivity index (χ1v) is 6.34. The summed E-state index contributed by atoms with van der Waals surface area (Å²) < 4.78 is 0. The van der Waals surface area contributed by atoms with Gasteiger partial charge in [-0.1, -0.05) is 13.8 Å². The molecular weight excluding hydrogens is 212 g/mol. The van der Waals surface area contributed by atoms with E-state index in [2.05, 4.69) is 37.6 Å². The molecule has 2 heterocycles. The molecule has 4 nitrogen and oxygen atoms in total. The van der Waals surface area contributed by atoms with E-state index in [-0.39, 0.29) is 6.04 Å². The van der Waals surface area contributed by atoms with Crippen LogP contribution in [0.3, 0.4) is 0 Å². The van der Waals surface area contributed by atoms with Gasteiger partial charge < -0.3 is 10.6 Å². The third-order valence-electron chi connectivity index (χ3n) is 3.42. The van der Waals surface area contributed by atoms with E-state index in [0.29, 0.717) is 5.92 Å². The van der Waals surface area contributed by atoms with E-state index in [1.54, 1.807) is 0 Å². The lowest BCUT2D eigenvalue weighted by atomic mass is 10.1. The third kappa shape index (κ3) is 2.41. The lowest BCUT2D eigenvalue weighted by Gasteiger charge is -2.21. The maximum Gasteiger partial charge on any atom is 0.135 e. The van der Waals surface area contributed by atoms with Gasteiger partial charge in [-0.15, -0.1) is 0 Å². The van der Waals surface area contributed by atoms with Crippen molar-refractivity contribution in [1.82, 2.24) is 9.97 Å². The van der Waals surface area contributed by atoms with Crippen molar-refractivity contribution in [1.29, 1.82) is 0 Å². The van der Waals surface area contributed by atoms with E-state index in [1.807, 2.05) is 0 Å². The fraction of sp³-hybridized carbons (Fsp3) is 0.692. The van der Waals surface area contributed by atoms with E-state index in [0.717, 1.165) is 36.8 Å². The van der Waals surface area contributed by atoms with Crippen LogP contribution in [0.25, 0.3) is 0 Å². The summed E-state index contributed by atoms with van der Waals surface area (Å²) in [6.45, 7) is 10.3. The number of aromatic nitrogens is 2. The summed E-state index contributed by atoms with van der Waals surface area (Å²) in [4.78, 5) is 11.6. The SMILES string of the molecule is Cc1nc(C(C)C)nc(N2CCC(N)C2)c1C. The molecule has 0 saturated carbocycles. The van der Waals surface area contributed by atoms with Gasteiger partial charge >= 0.3 is 0 Å². The molecule has 0 aromatic carbocycles. The molecule has 1 aromatic rings. The van der Waals surface area contributed by atoms with Gasteiger partial charge in [0.2, 0.25) is 0 Å². The molecule has 1 fully saturated rings. The van der Waals surface area contributed by atoms with Gasteiger partial charge in [0.25, 0.3) is 0 Å². The summed E-state index contributed by atoms with van der Waals surface area (Å²) in [7, 11) is 0. The van der Waals surface area contributed by atoms with E-state index in [1.165, 1.54) is 5.56 Å². The quantitative estimate of drug-likeness (QED) is 0.847. The van der Waals surface area contributed by atoms with Crippen molar-refractivity contribution in [3.8, 4) is 0 Å². The van der Waals surface area contributed by atoms with Crippen molar-refractivity contribution in [3.05, 3.63) is 17.1 Å². The van der Waals surface area contributed by atoms with Gasteiger partial charge in [0.05, 0.1) is 0 Å². The number of aryl methyl sites for hydroxylation is 1. The Morgan fingerprint density at radius 3 is 2.53 bits per heavy atom. The summed E-state index contributed by atoms with van der Waals surface area (Å²) in [6, 6.07) is 0.284. The molecular formula is C13H22N4. The number of rotatable bonds is 2. The second-order valence-electron chi connectivity index (χ2n) is 5.27. The van der Waals surface area contributed by atoms with Gasteiger partial charge in [-0.3, -0.25) is 0 Å². The molecule has 1 aliphatic heterocycles. The molecule has 1 aromatic heterocycles. The molecule has 0 aliphatic carbocycles. The van der Waals surface area contributed by atoms with Crippen LogP contribution in [0.1, 0.15) is 43.3 Å². The molecule has 94 valence electrons. The van der Waals surface area contributed by atoms with Crippen LogP contribution >= 0.6 is 0 Å². The van der Waals surface area contributed by atoms with Crippen LogP contribution < -0.4 is 10.6 Å². The van der Waals surface area contributed by atoms with Gasteiger partial charge in [-0.05, 0) is 20.3 Å². The minimum Gasteiger partial charge on any atom is -0.355 e. The zero-order chi connectivity index (χ0) is 12.6. The van der Waals surface area contributed by atoms with Gasteiger partial charge in [0.15, 0.2) is 0 Å². The zero-order valence-electron chi connectivity index (χ0n) is 11.2. The second-order valence-corrected chi connectivity index (χ2v) is 5.27. The lowest BCUT2D eigenvalue weighted by molar-refractivity contribution is 0.740. The average Bonchev–Trinajstić information content (AvgIpc) is 2.68. The van der Waals surface area contributed by atoms with Crippen LogP contribution in [0, 0.1) is 13.8 Å². The summed E-state index contributed by atoms with van der Waals surface area (Å²) in [5.74, 6) is 2.38. The molecule has 0 amide bonds. The Kier molecular flexibility index (Phi) is 3.33. The first-order valence-electron chi connectivity index (χ1n) is 6.34. The minimum atomic E-state index is 0.284. The molecule has 2 rings (SSSR count). The molecule has 17 heavy (non-hydrogen) atoms. The lowest BCUT2D eigenvalue weighted by Crippen LogP contribution is -2.28. The maximum atomic E-state index is 5.96. The van der Waals surface area contributed by atoms with Crippen molar-refractivity contribution < 1.29 is 0 Å². The summed E-state index contributed by atoms with van der Waals surface area (Å²) in [5, 5.41) is 0. The predicted molar refractivity (Wildman–Crippen MR) is 70.4 cm³/mol. The number of hydrogen-bond donors (Lipinski definition) is 1. The van der Waals surface area contributed by atoms with Gasteiger partial charge in [0, 0.05) is 36.3 Å². The fourth-order valence-electron chi connectivity index (χ4n) is 2.18. The Balaban J connectivity index is 2.38. The normalized spacial score (nSPS) is 20.4. The largest absolute Gasteiger partial charge is 0.355 e. The molecule has 1 atom stereocenters. The molecule has 0 spiro atoms. The first-order chi connectivity index (χ1) is 7.99. The molecule has 1 aliphatic rings. The highest BCUT2D eigenvalue weighted by atomic mass is 15.2. The van der Waals surface area contributed by atoms with Crippen LogP contribution in [0.2, 0.25) is 0 Å².